The van der Waals surface area contributed by atoms with E-state index in [1.807, 2.05) is 14.0 Å². The van der Waals surface area contributed by atoms with E-state index in [9.17, 15) is 4.79 Å². The molecule has 4 heteroatoms. The highest BCUT2D eigenvalue weighted by Crippen LogP contribution is 2.17. The van der Waals surface area contributed by atoms with Crippen molar-refractivity contribution < 1.29 is 4.79 Å². The third-order valence-electron chi connectivity index (χ3n) is 2.75. The number of urea groups is 1. The maximum absolute atomic E-state index is 11.4. The Hall–Kier alpha value is -0.770. The Labute approximate surface area is 85.8 Å². The van der Waals surface area contributed by atoms with Gasteiger partial charge in [-0.1, -0.05) is 12.8 Å². The molecule has 0 bridgehead atoms. The Morgan fingerprint density at radius 3 is 2.64 bits per heavy atom. The summed E-state index contributed by atoms with van der Waals surface area (Å²) in [4.78, 5) is 11.4. The highest BCUT2D eigenvalue weighted by molar-refractivity contribution is 5.74. The van der Waals surface area contributed by atoms with Crippen LogP contribution in [0, 0.1) is 0 Å². The maximum atomic E-state index is 11.4. The molecule has 2 amide bonds. The predicted octanol–water partition coefficient (Wildman–Crippen LogP) is 0.836. The second-order valence-corrected chi connectivity index (χ2v) is 4.03. The topological polar surface area (TPSA) is 53.2 Å². The van der Waals surface area contributed by atoms with Crippen LogP contribution in [-0.2, 0) is 0 Å². The molecule has 1 aliphatic carbocycles. The molecule has 3 N–H and O–H groups in total. The third-order valence-corrected chi connectivity index (χ3v) is 2.75. The number of hydrogen-bond donors (Lipinski definition) is 3. The molecular formula is C10H21N3O. The molecule has 1 fully saturated rings. The van der Waals surface area contributed by atoms with Crippen LogP contribution in [0.5, 0.6) is 0 Å². The Morgan fingerprint density at radius 1 is 1.43 bits per heavy atom. The van der Waals surface area contributed by atoms with Gasteiger partial charge in [0.15, 0.2) is 0 Å². The molecule has 0 aromatic carbocycles. The van der Waals surface area contributed by atoms with Gasteiger partial charge in [-0.3, -0.25) is 0 Å². The van der Waals surface area contributed by atoms with Crippen LogP contribution < -0.4 is 16.0 Å². The fourth-order valence-corrected chi connectivity index (χ4v) is 1.65. The Balaban J connectivity index is 2.09. The summed E-state index contributed by atoms with van der Waals surface area (Å²) in [5, 5.41) is 8.90. The molecule has 1 saturated carbocycles. The van der Waals surface area contributed by atoms with E-state index in [2.05, 4.69) is 16.0 Å². The van der Waals surface area contributed by atoms with Crippen molar-refractivity contribution in [2.24, 2.45) is 0 Å². The molecule has 14 heavy (non-hydrogen) atoms. The second-order valence-electron chi connectivity index (χ2n) is 4.03. The van der Waals surface area contributed by atoms with Crippen molar-refractivity contribution in [1.29, 1.82) is 0 Å². The van der Waals surface area contributed by atoms with Gasteiger partial charge in [0.1, 0.15) is 0 Å². The van der Waals surface area contributed by atoms with Gasteiger partial charge in [-0.2, -0.15) is 0 Å². The smallest absolute Gasteiger partial charge is 0.315 e. The van der Waals surface area contributed by atoms with Crippen LogP contribution in [0.15, 0.2) is 0 Å². The van der Waals surface area contributed by atoms with Gasteiger partial charge in [0, 0.05) is 18.6 Å². The van der Waals surface area contributed by atoms with E-state index in [1.165, 1.54) is 12.8 Å². The lowest BCUT2D eigenvalue weighted by Gasteiger charge is -2.15. The van der Waals surface area contributed by atoms with E-state index in [4.69, 9.17) is 0 Å². The SMILES string of the molecule is CNC(C)CNC(=O)NC1CCCC1. The van der Waals surface area contributed by atoms with Crippen LogP contribution in [0.2, 0.25) is 0 Å². The molecule has 1 aliphatic rings. The highest BCUT2D eigenvalue weighted by atomic mass is 16.2. The van der Waals surface area contributed by atoms with Crippen LogP contribution in [0.1, 0.15) is 32.6 Å². The van der Waals surface area contributed by atoms with Gasteiger partial charge in [-0.15, -0.1) is 0 Å². The van der Waals surface area contributed by atoms with E-state index in [0.29, 0.717) is 18.6 Å². The third kappa shape index (κ3) is 3.96. The van der Waals surface area contributed by atoms with Crippen molar-refractivity contribution in [1.82, 2.24) is 16.0 Å². The Kier molecular flexibility index (Phi) is 4.73. The van der Waals surface area contributed by atoms with Crippen LogP contribution in [0.3, 0.4) is 0 Å². The summed E-state index contributed by atoms with van der Waals surface area (Å²) in [6.07, 6.45) is 4.76. The second kappa shape index (κ2) is 5.86. The lowest BCUT2D eigenvalue weighted by Crippen LogP contribution is -2.45. The van der Waals surface area contributed by atoms with E-state index in [1.54, 1.807) is 0 Å². The minimum atomic E-state index is -0.0287. The minimum absolute atomic E-state index is 0.0287. The zero-order valence-corrected chi connectivity index (χ0v) is 9.10. The molecule has 1 rings (SSSR count). The Bertz CT molecular complexity index is 178. The van der Waals surface area contributed by atoms with Crippen LogP contribution in [0.25, 0.3) is 0 Å². The Morgan fingerprint density at radius 2 is 2.07 bits per heavy atom. The molecular weight excluding hydrogens is 178 g/mol. The number of rotatable bonds is 4. The van der Waals surface area contributed by atoms with Gasteiger partial charge in [0.2, 0.25) is 0 Å². The predicted molar refractivity (Wildman–Crippen MR) is 57.3 cm³/mol. The number of carbonyl (C=O) groups excluding carboxylic acids is 1. The van der Waals surface area contributed by atoms with E-state index in [0.717, 1.165) is 12.8 Å². The molecule has 4 nitrogen and oxygen atoms in total. The van der Waals surface area contributed by atoms with Gasteiger partial charge in [-0.05, 0) is 26.8 Å². The van der Waals surface area contributed by atoms with Crippen molar-refractivity contribution in [3.63, 3.8) is 0 Å². The number of carbonyl (C=O) groups is 1. The molecule has 0 heterocycles. The summed E-state index contributed by atoms with van der Waals surface area (Å²) in [6.45, 7) is 2.71. The quantitative estimate of drug-likeness (QED) is 0.628. The van der Waals surface area contributed by atoms with Crippen molar-refractivity contribution >= 4 is 6.03 Å². The summed E-state index contributed by atoms with van der Waals surface area (Å²) in [7, 11) is 1.89. The molecule has 0 radical (unpaired) electrons. The minimum Gasteiger partial charge on any atom is -0.337 e. The average molecular weight is 199 g/mol. The van der Waals surface area contributed by atoms with Gasteiger partial charge in [0.25, 0.3) is 0 Å². The lowest BCUT2D eigenvalue weighted by molar-refractivity contribution is 0.236. The first-order valence-electron chi connectivity index (χ1n) is 5.44. The zero-order valence-electron chi connectivity index (χ0n) is 9.10. The first-order valence-corrected chi connectivity index (χ1v) is 5.44. The molecule has 0 aliphatic heterocycles. The van der Waals surface area contributed by atoms with E-state index < -0.39 is 0 Å². The van der Waals surface area contributed by atoms with E-state index in [-0.39, 0.29) is 6.03 Å². The number of likely N-dealkylation sites (N-methyl/N-ethyl adjacent to an activating group) is 1. The maximum Gasteiger partial charge on any atom is 0.315 e. The number of nitrogens with one attached hydrogen (secondary N) is 3. The van der Waals surface area contributed by atoms with E-state index >= 15 is 0 Å². The van der Waals surface area contributed by atoms with Crippen molar-refractivity contribution in [3.05, 3.63) is 0 Å². The van der Waals surface area contributed by atoms with Gasteiger partial charge in [-0.25, -0.2) is 4.79 Å². The molecule has 1 unspecified atom stereocenters. The summed E-state index contributed by atoms with van der Waals surface area (Å²) in [6, 6.07) is 0.697. The number of amides is 2. The lowest BCUT2D eigenvalue weighted by atomic mass is 10.2. The van der Waals surface area contributed by atoms with Gasteiger partial charge >= 0.3 is 6.03 Å². The summed E-state index contributed by atoms with van der Waals surface area (Å²) in [5.74, 6) is 0. The van der Waals surface area contributed by atoms with Crippen LogP contribution in [-0.4, -0.2) is 31.7 Å². The molecule has 0 aromatic heterocycles. The summed E-state index contributed by atoms with van der Waals surface area (Å²) >= 11 is 0. The molecule has 0 saturated heterocycles. The first kappa shape index (κ1) is 11.3. The highest BCUT2D eigenvalue weighted by Gasteiger charge is 2.16. The summed E-state index contributed by atoms with van der Waals surface area (Å²) in [5.41, 5.74) is 0. The monoisotopic (exact) mass is 199 g/mol. The van der Waals surface area contributed by atoms with Crippen LogP contribution in [0.4, 0.5) is 4.79 Å². The van der Waals surface area contributed by atoms with Crippen molar-refractivity contribution in [2.45, 2.75) is 44.7 Å². The zero-order chi connectivity index (χ0) is 10.4. The van der Waals surface area contributed by atoms with Crippen molar-refractivity contribution in [3.8, 4) is 0 Å². The first-order chi connectivity index (χ1) is 6.72. The summed E-state index contributed by atoms with van der Waals surface area (Å²) < 4.78 is 0. The number of hydrogen-bond acceptors (Lipinski definition) is 2. The fraction of sp³-hybridized carbons (Fsp3) is 0.900. The average Bonchev–Trinajstić information content (AvgIpc) is 2.66. The normalized spacial score (nSPS) is 19.3. The fourth-order valence-electron chi connectivity index (χ4n) is 1.65. The molecule has 1 atom stereocenters. The van der Waals surface area contributed by atoms with Gasteiger partial charge < -0.3 is 16.0 Å². The van der Waals surface area contributed by atoms with Crippen molar-refractivity contribution in [2.75, 3.05) is 13.6 Å². The van der Waals surface area contributed by atoms with Crippen LogP contribution >= 0.6 is 0 Å². The molecule has 0 spiro atoms. The molecule has 0 aromatic rings. The standard InChI is InChI=1S/C10H21N3O/c1-8(11-2)7-12-10(14)13-9-5-3-4-6-9/h8-9,11H,3-7H2,1-2H3,(H2,12,13,14). The largest absolute Gasteiger partial charge is 0.337 e. The molecule has 82 valence electrons. The van der Waals surface area contributed by atoms with Gasteiger partial charge in [0.05, 0.1) is 0 Å².